The number of aryl methyl sites for hydroxylation is 1. The predicted octanol–water partition coefficient (Wildman–Crippen LogP) is 2.71. The molecule has 3 rings (SSSR count). The van der Waals surface area contributed by atoms with Gasteiger partial charge in [0, 0.05) is 5.56 Å². The standard InChI is InChI=1S/C15H12N2O3/c1-9-4-2-5-10(8-9)14-16-13(15(19)20)11-6-3-7-12(18)17(11)14/h2-8,18H,1H3,(H,19,20). The molecule has 0 bridgehead atoms. The lowest BCUT2D eigenvalue weighted by Crippen LogP contribution is -1.97. The molecular weight excluding hydrogens is 256 g/mol. The summed E-state index contributed by atoms with van der Waals surface area (Å²) < 4.78 is 1.44. The number of fused-ring (bicyclic) bond motifs is 1. The third kappa shape index (κ3) is 1.80. The van der Waals surface area contributed by atoms with Crippen molar-refractivity contribution < 1.29 is 15.0 Å². The zero-order valence-corrected chi connectivity index (χ0v) is 10.7. The van der Waals surface area contributed by atoms with Crippen molar-refractivity contribution in [3.63, 3.8) is 0 Å². The highest BCUT2D eigenvalue weighted by Crippen LogP contribution is 2.27. The number of carbonyl (C=O) groups is 1. The van der Waals surface area contributed by atoms with Crippen LogP contribution in [0.15, 0.2) is 42.5 Å². The number of hydrogen-bond donors (Lipinski definition) is 2. The lowest BCUT2D eigenvalue weighted by molar-refractivity contribution is 0.0693. The molecule has 5 nitrogen and oxygen atoms in total. The molecule has 0 radical (unpaired) electrons. The Kier molecular flexibility index (Phi) is 2.68. The van der Waals surface area contributed by atoms with Crippen LogP contribution in [-0.4, -0.2) is 25.6 Å². The fourth-order valence-corrected chi connectivity index (χ4v) is 2.25. The van der Waals surface area contributed by atoms with E-state index in [2.05, 4.69) is 4.98 Å². The molecule has 20 heavy (non-hydrogen) atoms. The number of carboxylic acid groups (broad SMARTS) is 1. The number of benzene rings is 1. The molecule has 1 aromatic carbocycles. The van der Waals surface area contributed by atoms with Crippen molar-refractivity contribution in [3.8, 4) is 17.3 Å². The van der Waals surface area contributed by atoms with E-state index in [0.717, 1.165) is 11.1 Å². The van der Waals surface area contributed by atoms with E-state index in [1.807, 2.05) is 31.2 Å². The van der Waals surface area contributed by atoms with Crippen LogP contribution >= 0.6 is 0 Å². The molecule has 3 aromatic rings. The second kappa shape index (κ2) is 4.38. The molecule has 0 unspecified atom stereocenters. The molecular formula is C15H12N2O3. The second-order valence-electron chi connectivity index (χ2n) is 4.56. The van der Waals surface area contributed by atoms with Crippen molar-refractivity contribution in [2.45, 2.75) is 6.92 Å². The van der Waals surface area contributed by atoms with Crippen LogP contribution in [0.25, 0.3) is 16.9 Å². The van der Waals surface area contributed by atoms with Gasteiger partial charge in [-0.2, -0.15) is 0 Å². The van der Waals surface area contributed by atoms with Crippen LogP contribution in [0.1, 0.15) is 16.1 Å². The van der Waals surface area contributed by atoms with E-state index in [1.165, 1.54) is 10.5 Å². The number of aromatic carboxylic acids is 1. The van der Waals surface area contributed by atoms with Crippen LogP contribution in [0.5, 0.6) is 5.88 Å². The summed E-state index contributed by atoms with van der Waals surface area (Å²) in [5, 5.41) is 19.2. The molecule has 0 saturated heterocycles. The molecule has 5 heteroatoms. The summed E-state index contributed by atoms with van der Waals surface area (Å²) in [5.74, 6) is -0.745. The van der Waals surface area contributed by atoms with E-state index in [1.54, 1.807) is 12.1 Å². The van der Waals surface area contributed by atoms with Crippen molar-refractivity contribution in [2.75, 3.05) is 0 Å². The average molecular weight is 268 g/mol. The summed E-state index contributed by atoms with van der Waals surface area (Å²) in [6.07, 6.45) is 0. The number of hydrogen-bond acceptors (Lipinski definition) is 3. The van der Waals surface area contributed by atoms with Crippen molar-refractivity contribution in [2.24, 2.45) is 0 Å². The highest BCUT2D eigenvalue weighted by Gasteiger charge is 2.19. The van der Waals surface area contributed by atoms with Gasteiger partial charge in [0.05, 0.1) is 5.52 Å². The predicted molar refractivity (Wildman–Crippen MR) is 74.0 cm³/mol. The van der Waals surface area contributed by atoms with E-state index in [4.69, 9.17) is 0 Å². The molecule has 2 aromatic heterocycles. The van der Waals surface area contributed by atoms with E-state index in [9.17, 15) is 15.0 Å². The van der Waals surface area contributed by atoms with Gasteiger partial charge < -0.3 is 10.2 Å². The molecule has 0 aliphatic carbocycles. The molecule has 2 N–H and O–H groups in total. The van der Waals surface area contributed by atoms with E-state index in [-0.39, 0.29) is 11.6 Å². The topological polar surface area (TPSA) is 74.8 Å². The fourth-order valence-electron chi connectivity index (χ4n) is 2.25. The van der Waals surface area contributed by atoms with Gasteiger partial charge in [-0.3, -0.25) is 4.40 Å². The quantitative estimate of drug-likeness (QED) is 0.749. The Labute approximate surface area is 114 Å². The Morgan fingerprint density at radius 3 is 2.65 bits per heavy atom. The zero-order valence-electron chi connectivity index (χ0n) is 10.7. The average Bonchev–Trinajstić information content (AvgIpc) is 2.80. The first-order valence-electron chi connectivity index (χ1n) is 6.08. The Balaban J connectivity index is 2.39. The number of aromatic hydroxyl groups is 1. The number of aromatic nitrogens is 2. The first-order chi connectivity index (χ1) is 9.58. The van der Waals surface area contributed by atoms with Gasteiger partial charge in [-0.1, -0.05) is 29.8 Å². The van der Waals surface area contributed by atoms with E-state index in [0.29, 0.717) is 11.3 Å². The Morgan fingerprint density at radius 2 is 1.95 bits per heavy atom. The van der Waals surface area contributed by atoms with Gasteiger partial charge in [0.1, 0.15) is 5.82 Å². The van der Waals surface area contributed by atoms with Crippen LogP contribution in [0, 0.1) is 6.92 Å². The molecule has 0 spiro atoms. The molecule has 0 amide bonds. The summed E-state index contributed by atoms with van der Waals surface area (Å²) in [6.45, 7) is 1.94. The van der Waals surface area contributed by atoms with Crippen LogP contribution in [0.2, 0.25) is 0 Å². The SMILES string of the molecule is Cc1cccc(-c2nc(C(=O)O)c3cccc(O)n23)c1. The maximum Gasteiger partial charge on any atom is 0.356 e. The van der Waals surface area contributed by atoms with Gasteiger partial charge in [-0.25, -0.2) is 9.78 Å². The minimum atomic E-state index is -1.12. The molecule has 0 saturated carbocycles. The monoisotopic (exact) mass is 268 g/mol. The largest absolute Gasteiger partial charge is 0.494 e. The van der Waals surface area contributed by atoms with Crippen molar-refractivity contribution in [1.29, 1.82) is 0 Å². The maximum atomic E-state index is 11.3. The third-order valence-corrected chi connectivity index (χ3v) is 3.12. The smallest absolute Gasteiger partial charge is 0.356 e. The molecule has 100 valence electrons. The minimum absolute atomic E-state index is 0.0426. The summed E-state index contributed by atoms with van der Waals surface area (Å²) >= 11 is 0. The molecule has 2 heterocycles. The second-order valence-corrected chi connectivity index (χ2v) is 4.56. The number of carboxylic acids is 1. The lowest BCUT2D eigenvalue weighted by Gasteiger charge is -2.04. The third-order valence-electron chi connectivity index (χ3n) is 3.12. The number of imidazole rings is 1. The van der Waals surface area contributed by atoms with Crippen LogP contribution < -0.4 is 0 Å². The number of pyridine rings is 1. The number of nitrogens with zero attached hydrogens (tertiary/aromatic N) is 2. The zero-order chi connectivity index (χ0) is 14.3. The summed E-state index contributed by atoms with van der Waals surface area (Å²) in [6, 6.07) is 12.3. The van der Waals surface area contributed by atoms with Gasteiger partial charge in [-0.05, 0) is 25.1 Å². The maximum absolute atomic E-state index is 11.3. The first-order valence-corrected chi connectivity index (χ1v) is 6.08. The van der Waals surface area contributed by atoms with Crippen molar-refractivity contribution in [3.05, 3.63) is 53.7 Å². The highest BCUT2D eigenvalue weighted by atomic mass is 16.4. The summed E-state index contributed by atoms with van der Waals surface area (Å²) in [4.78, 5) is 15.4. The van der Waals surface area contributed by atoms with Crippen molar-refractivity contribution in [1.82, 2.24) is 9.38 Å². The van der Waals surface area contributed by atoms with Crippen LogP contribution in [0.3, 0.4) is 0 Å². The molecule has 0 fully saturated rings. The van der Waals surface area contributed by atoms with Crippen molar-refractivity contribution >= 4 is 11.5 Å². The van der Waals surface area contributed by atoms with Gasteiger partial charge in [-0.15, -0.1) is 0 Å². The van der Waals surface area contributed by atoms with Gasteiger partial charge in [0.25, 0.3) is 0 Å². The highest BCUT2D eigenvalue weighted by molar-refractivity contribution is 5.95. The van der Waals surface area contributed by atoms with Crippen LogP contribution in [0.4, 0.5) is 0 Å². The van der Waals surface area contributed by atoms with Gasteiger partial charge in [0.15, 0.2) is 11.6 Å². The van der Waals surface area contributed by atoms with Gasteiger partial charge in [0.2, 0.25) is 0 Å². The Bertz CT molecular complexity index is 821. The number of rotatable bonds is 2. The summed E-state index contributed by atoms with van der Waals surface area (Å²) in [7, 11) is 0. The van der Waals surface area contributed by atoms with Gasteiger partial charge >= 0.3 is 5.97 Å². The molecule has 0 aliphatic rings. The Hall–Kier alpha value is -2.82. The fraction of sp³-hybridized carbons (Fsp3) is 0.0667. The molecule has 0 aliphatic heterocycles. The summed E-state index contributed by atoms with van der Waals surface area (Å²) in [5.41, 5.74) is 2.09. The first kappa shape index (κ1) is 12.2. The minimum Gasteiger partial charge on any atom is -0.494 e. The normalized spacial score (nSPS) is 10.8. The molecule has 0 atom stereocenters. The van der Waals surface area contributed by atoms with Crippen LogP contribution in [-0.2, 0) is 0 Å². The lowest BCUT2D eigenvalue weighted by atomic mass is 10.1. The van der Waals surface area contributed by atoms with E-state index >= 15 is 0 Å². The van der Waals surface area contributed by atoms with E-state index < -0.39 is 5.97 Å². The Morgan fingerprint density at radius 1 is 1.20 bits per heavy atom.